The van der Waals surface area contributed by atoms with Gasteiger partial charge in [-0.1, -0.05) is 0 Å². The lowest BCUT2D eigenvalue weighted by atomic mass is 9.97. The molecule has 7 nitrogen and oxygen atoms in total. The number of nitrogens with one attached hydrogen (secondary N) is 1. The van der Waals surface area contributed by atoms with Gasteiger partial charge in [0.25, 0.3) is 0 Å². The van der Waals surface area contributed by atoms with Gasteiger partial charge in [-0.05, 0) is 63.5 Å². The van der Waals surface area contributed by atoms with Gasteiger partial charge in [-0.2, -0.15) is 0 Å². The van der Waals surface area contributed by atoms with Crippen LogP contribution in [0.2, 0.25) is 0 Å². The van der Waals surface area contributed by atoms with Crippen LogP contribution in [0.4, 0.5) is 11.4 Å². The minimum atomic E-state index is -0.0982. The fourth-order valence-corrected chi connectivity index (χ4v) is 3.78. The molecule has 0 bridgehead atoms. The molecular formula is C21H29N3O4. The molecule has 0 radical (unpaired) electrons. The molecule has 1 N–H and O–H groups in total. The second kappa shape index (κ2) is 9.68. The Morgan fingerprint density at radius 3 is 2.46 bits per heavy atom. The summed E-state index contributed by atoms with van der Waals surface area (Å²) in [7, 11) is 0. The van der Waals surface area contributed by atoms with Crippen molar-refractivity contribution >= 4 is 29.2 Å². The summed E-state index contributed by atoms with van der Waals surface area (Å²) in [5.74, 6) is 0.0195. The molecule has 0 atom stereocenters. The van der Waals surface area contributed by atoms with Crippen molar-refractivity contribution in [2.24, 2.45) is 5.92 Å². The molecule has 0 aliphatic carbocycles. The predicted octanol–water partition coefficient (Wildman–Crippen LogP) is 2.42. The zero-order valence-electron chi connectivity index (χ0n) is 16.5. The van der Waals surface area contributed by atoms with Crippen LogP contribution in [0.25, 0.3) is 0 Å². The number of carbonyl (C=O) groups is 3. The molecule has 2 fully saturated rings. The van der Waals surface area contributed by atoms with Gasteiger partial charge >= 0.3 is 5.97 Å². The standard InChI is InChI=1S/C21H29N3O4/c1-2-28-21(27)16-9-13-23(14-10-16)15-11-19(25)22-17-5-7-18(8-6-17)24-12-3-4-20(24)26/h5-8,16H,2-4,9-15H2,1H3,(H,22,25). The van der Waals surface area contributed by atoms with Crippen LogP contribution in [0, 0.1) is 5.92 Å². The van der Waals surface area contributed by atoms with E-state index in [0.29, 0.717) is 26.0 Å². The van der Waals surface area contributed by atoms with Gasteiger partial charge in [0.15, 0.2) is 0 Å². The smallest absolute Gasteiger partial charge is 0.309 e. The van der Waals surface area contributed by atoms with E-state index < -0.39 is 0 Å². The monoisotopic (exact) mass is 387 g/mol. The van der Waals surface area contributed by atoms with Crippen LogP contribution >= 0.6 is 0 Å². The van der Waals surface area contributed by atoms with E-state index in [0.717, 1.165) is 50.3 Å². The number of esters is 1. The van der Waals surface area contributed by atoms with E-state index in [1.54, 1.807) is 4.90 Å². The summed E-state index contributed by atoms with van der Waals surface area (Å²) in [4.78, 5) is 39.8. The van der Waals surface area contributed by atoms with Crippen LogP contribution in [0.1, 0.15) is 39.0 Å². The lowest BCUT2D eigenvalue weighted by Gasteiger charge is -2.30. The van der Waals surface area contributed by atoms with Gasteiger partial charge in [0, 0.05) is 37.3 Å². The molecule has 0 unspecified atom stereocenters. The number of nitrogens with zero attached hydrogens (tertiary/aromatic N) is 2. The van der Waals surface area contributed by atoms with Gasteiger partial charge in [0.2, 0.25) is 11.8 Å². The second-order valence-corrected chi connectivity index (χ2v) is 7.36. The molecule has 2 amide bonds. The van der Waals surface area contributed by atoms with Gasteiger partial charge in [-0.15, -0.1) is 0 Å². The van der Waals surface area contributed by atoms with E-state index in [-0.39, 0.29) is 23.7 Å². The fourth-order valence-electron chi connectivity index (χ4n) is 3.78. The first kappa shape index (κ1) is 20.3. The first-order valence-corrected chi connectivity index (χ1v) is 10.2. The maximum atomic E-state index is 12.2. The highest BCUT2D eigenvalue weighted by atomic mass is 16.5. The third-order valence-corrected chi connectivity index (χ3v) is 5.40. The normalized spacial score (nSPS) is 18.3. The predicted molar refractivity (Wildman–Crippen MR) is 107 cm³/mol. The molecule has 28 heavy (non-hydrogen) atoms. The van der Waals surface area contributed by atoms with Gasteiger partial charge < -0.3 is 19.9 Å². The molecule has 1 aromatic carbocycles. The number of carbonyl (C=O) groups excluding carboxylic acids is 3. The summed E-state index contributed by atoms with van der Waals surface area (Å²) in [6.45, 7) is 5.32. The van der Waals surface area contributed by atoms with Crippen molar-refractivity contribution in [1.82, 2.24) is 4.90 Å². The van der Waals surface area contributed by atoms with E-state index in [1.165, 1.54) is 0 Å². The quantitative estimate of drug-likeness (QED) is 0.727. The number of benzene rings is 1. The molecule has 0 aromatic heterocycles. The van der Waals surface area contributed by atoms with Crippen LogP contribution in [0.3, 0.4) is 0 Å². The Labute approximate surface area is 166 Å². The van der Waals surface area contributed by atoms with Crippen molar-refractivity contribution in [2.75, 3.05) is 43.0 Å². The minimum Gasteiger partial charge on any atom is -0.466 e. The Hall–Kier alpha value is -2.41. The second-order valence-electron chi connectivity index (χ2n) is 7.36. The third kappa shape index (κ3) is 5.32. The SMILES string of the molecule is CCOC(=O)C1CCN(CCC(=O)Nc2ccc(N3CCCC3=O)cc2)CC1. The largest absolute Gasteiger partial charge is 0.466 e. The van der Waals surface area contributed by atoms with Crippen LogP contribution in [0.15, 0.2) is 24.3 Å². The summed E-state index contributed by atoms with van der Waals surface area (Å²) < 4.78 is 5.08. The van der Waals surface area contributed by atoms with E-state index in [1.807, 2.05) is 31.2 Å². The topological polar surface area (TPSA) is 79.0 Å². The van der Waals surface area contributed by atoms with Crippen molar-refractivity contribution in [2.45, 2.75) is 39.0 Å². The number of anilines is 2. The Kier molecular flexibility index (Phi) is 7.03. The maximum Gasteiger partial charge on any atom is 0.309 e. The summed E-state index contributed by atoms with van der Waals surface area (Å²) >= 11 is 0. The molecule has 3 rings (SSSR count). The zero-order chi connectivity index (χ0) is 19.9. The summed E-state index contributed by atoms with van der Waals surface area (Å²) in [6.07, 6.45) is 3.49. The number of hydrogen-bond donors (Lipinski definition) is 1. The van der Waals surface area contributed by atoms with Crippen LogP contribution < -0.4 is 10.2 Å². The summed E-state index contributed by atoms with van der Waals surface area (Å²) in [5, 5.41) is 2.91. The number of ether oxygens (including phenoxy) is 1. The average molecular weight is 387 g/mol. The molecule has 2 aliphatic heterocycles. The highest BCUT2D eigenvalue weighted by Crippen LogP contribution is 2.23. The maximum absolute atomic E-state index is 12.2. The van der Waals surface area contributed by atoms with E-state index in [2.05, 4.69) is 10.2 Å². The van der Waals surface area contributed by atoms with Crippen molar-refractivity contribution in [3.05, 3.63) is 24.3 Å². The van der Waals surface area contributed by atoms with Crippen molar-refractivity contribution in [3.8, 4) is 0 Å². The van der Waals surface area contributed by atoms with Crippen LogP contribution in [-0.2, 0) is 19.1 Å². The van der Waals surface area contributed by atoms with Gasteiger partial charge in [0.1, 0.15) is 0 Å². The number of rotatable bonds is 7. The molecule has 2 saturated heterocycles. The van der Waals surface area contributed by atoms with E-state index in [4.69, 9.17) is 4.74 Å². The number of likely N-dealkylation sites (tertiary alicyclic amines) is 1. The first-order valence-electron chi connectivity index (χ1n) is 10.2. The first-order chi connectivity index (χ1) is 13.6. The highest BCUT2D eigenvalue weighted by molar-refractivity contribution is 5.96. The third-order valence-electron chi connectivity index (χ3n) is 5.40. The molecule has 2 heterocycles. The molecule has 1 aromatic rings. The Morgan fingerprint density at radius 2 is 1.86 bits per heavy atom. The molecule has 7 heteroatoms. The molecule has 0 saturated carbocycles. The highest BCUT2D eigenvalue weighted by Gasteiger charge is 2.26. The lowest BCUT2D eigenvalue weighted by Crippen LogP contribution is -2.38. The molecule has 0 spiro atoms. The van der Waals surface area contributed by atoms with Crippen molar-refractivity contribution in [1.29, 1.82) is 0 Å². The van der Waals surface area contributed by atoms with Crippen LogP contribution in [0.5, 0.6) is 0 Å². The molecule has 152 valence electrons. The average Bonchev–Trinajstić information content (AvgIpc) is 3.13. The van der Waals surface area contributed by atoms with Crippen LogP contribution in [-0.4, -0.2) is 55.5 Å². The molecular weight excluding hydrogens is 358 g/mol. The van der Waals surface area contributed by atoms with Gasteiger partial charge in [-0.25, -0.2) is 0 Å². The number of hydrogen-bond acceptors (Lipinski definition) is 5. The summed E-state index contributed by atoms with van der Waals surface area (Å²) in [6, 6.07) is 7.42. The van der Waals surface area contributed by atoms with E-state index in [9.17, 15) is 14.4 Å². The van der Waals surface area contributed by atoms with Crippen molar-refractivity contribution < 1.29 is 19.1 Å². The Balaban J connectivity index is 1.39. The minimum absolute atomic E-state index is 0.00831. The van der Waals surface area contributed by atoms with Crippen molar-refractivity contribution in [3.63, 3.8) is 0 Å². The zero-order valence-corrected chi connectivity index (χ0v) is 16.5. The van der Waals surface area contributed by atoms with Gasteiger partial charge in [0.05, 0.1) is 12.5 Å². The van der Waals surface area contributed by atoms with E-state index >= 15 is 0 Å². The summed E-state index contributed by atoms with van der Waals surface area (Å²) in [5.41, 5.74) is 1.62. The van der Waals surface area contributed by atoms with Gasteiger partial charge in [-0.3, -0.25) is 14.4 Å². The lowest BCUT2D eigenvalue weighted by molar-refractivity contribution is -0.149. The number of piperidine rings is 1. The Morgan fingerprint density at radius 1 is 1.14 bits per heavy atom. The fraction of sp³-hybridized carbons (Fsp3) is 0.571. The Bertz CT molecular complexity index is 696. The molecule has 2 aliphatic rings. The number of amides is 2.